The molecule has 2 unspecified atom stereocenters. The lowest BCUT2D eigenvalue weighted by Crippen LogP contribution is -2.27. The van der Waals surface area contributed by atoms with Gasteiger partial charge in [-0.15, -0.1) is 0 Å². The Kier molecular flexibility index (Phi) is 9.82. The largest absolute Gasteiger partial charge is 0.355 e. The summed E-state index contributed by atoms with van der Waals surface area (Å²) in [7, 11) is 0. The van der Waals surface area contributed by atoms with E-state index in [1.807, 2.05) is 0 Å². The van der Waals surface area contributed by atoms with Gasteiger partial charge >= 0.3 is 0 Å². The number of rotatable bonds is 10. The number of hydrogen-bond acceptors (Lipinski definition) is 4. The fraction of sp³-hybridized carbons (Fsp3) is 0.296. The molecule has 0 fully saturated rings. The second-order valence-corrected chi connectivity index (χ2v) is 16.9. The minimum absolute atomic E-state index is 0.0575. The molecule has 10 rings (SSSR count). The molecule has 0 spiro atoms. The first-order chi connectivity index (χ1) is 29.4. The van der Waals surface area contributed by atoms with Crippen LogP contribution >= 0.6 is 0 Å². The van der Waals surface area contributed by atoms with Crippen molar-refractivity contribution in [1.82, 2.24) is 29.9 Å². The van der Waals surface area contributed by atoms with E-state index in [0.717, 1.165) is 130 Å². The maximum Gasteiger partial charge on any atom is 0.0972 e. The summed E-state index contributed by atoms with van der Waals surface area (Å²) in [6, 6.07) is 30.3. The standard InChI is InChI=1S/C54H54N6/c1-7-11-23-37-31(5)41-27-43-35(9-3)36(10-4)44(57-43)28-42-32(6)38(24-12-8-2)46(56-42)30-48-51-49(47(58-48)29-45(37)55-41)39-25-26-40-54(50(39)51)60-53(34-21-17-14-18-22-34)52(59-40)33-19-15-13-16-20-33/h13-22,25-30,39,50,57-58H,7-12,23-24H2,1-6H3. The summed E-state index contributed by atoms with van der Waals surface area (Å²) in [6.45, 7) is 13.6. The molecule has 0 saturated heterocycles. The van der Waals surface area contributed by atoms with E-state index in [0.29, 0.717) is 0 Å². The highest BCUT2D eigenvalue weighted by molar-refractivity contribution is 5.96. The zero-order valence-electron chi connectivity index (χ0n) is 35.8. The third kappa shape index (κ3) is 6.22. The normalized spacial score (nSPS) is 16.5. The maximum atomic E-state index is 5.61. The van der Waals surface area contributed by atoms with Gasteiger partial charge in [-0.1, -0.05) is 107 Å². The van der Waals surface area contributed by atoms with Crippen LogP contribution in [-0.4, -0.2) is 29.9 Å². The van der Waals surface area contributed by atoms with Gasteiger partial charge in [0.2, 0.25) is 0 Å². The van der Waals surface area contributed by atoms with E-state index in [-0.39, 0.29) is 11.8 Å². The Hall–Kier alpha value is -6.14. The Labute approximate surface area is 353 Å². The molecule has 4 aromatic heterocycles. The summed E-state index contributed by atoms with van der Waals surface area (Å²) >= 11 is 0. The highest BCUT2D eigenvalue weighted by Gasteiger charge is 2.45. The molecule has 8 bridgehead atoms. The lowest BCUT2D eigenvalue weighted by molar-refractivity contribution is 0.614. The van der Waals surface area contributed by atoms with Gasteiger partial charge in [0.1, 0.15) is 0 Å². The van der Waals surface area contributed by atoms with Crippen LogP contribution in [0.25, 0.3) is 73.0 Å². The second kappa shape index (κ2) is 15.5. The predicted molar refractivity (Wildman–Crippen MR) is 250 cm³/mol. The molecule has 0 amide bonds. The Morgan fingerprint density at radius 3 is 1.53 bits per heavy atom. The minimum atomic E-state index is 0.0575. The number of aryl methyl sites for hydroxylation is 2. The number of H-pyrrole nitrogens is 2. The van der Waals surface area contributed by atoms with E-state index in [2.05, 4.69) is 149 Å². The van der Waals surface area contributed by atoms with Gasteiger partial charge in [0.15, 0.2) is 0 Å². The number of unbranched alkanes of at least 4 members (excludes halogenated alkanes) is 2. The quantitative estimate of drug-likeness (QED) is 0.145. The van der Waals surface area contributed by atoms with E-state index < -0.39 is 0 Å². The van der Waals surface area contributed by atoms with E-state index in [4.69, 9.17) is 19.9 Å². The highest BCUT2D eigenvalue weighted by Crippen LogP contribution is 2.58. The van der Waals surface area contributed by atoms with E-state index in [1.165, 1.54) is 44.5 Å². The van der Waals surface area contributed by atoms with Gasteiger partial charge in [-0.05, 0) is 127 Å². The molecule has 2 N–H and O–H groups in total. The van der Waals surface area contributed by atoms with Crippen LogP contribution in [0.1, 0.15) is 148 Å². The van der Waals surface area contributed by atoms with Crippen molar-refractivity contribution >= 4 is 50.4 Å². The number of nitrogens with zero attached hydrogens (tertiary/aromatic N) is 4. The zero-order chi connectivity index (χ0) is 41.1. The van der Waals surface area contributed by atoms with Crippen LogP contribution in [0.4, 0.5) is 0 Å². The maximum absolute atomic E-state index is 5.61. The highest BCUT2D eigenvalue weighted by atomic mass is 14.9. The molecule has 2 aromatic carbocycles. The number of allylic oxidation sites excluding steroid dienone is 5. The molecule has 6 nitrogen and oxygen atoms in total. The van der Waals surface area contributed by atoms with Crippen molar-refractivity contribution < 1.29 is 0 Å². The summed E-state index contributed by atoms with van der Waals surface area (Å²) in [5.41, 5.74) is 25.3. The van der Waals surface area contributed by atoms with Crippen LogP contribution in [0.5, 0.6) is 0 Å². The van der Waals surface area contributed by atoms with E-state index >= 15 is 0 Å². The smallest absolute Gasteiger partial charge is 0.0972 e. The SMILES string of the molecule is CCCCC1=C(C)c2cc3[nH]c(cc4nc(cc5[nH]c(cc1n2)c1c5C2c5nc(-c6ccccc6)c(-c6ccccc6)nc5C=CC12)C(CCCC)=C4C)c(CC)c3CC. The monoisotopic (exact) mass is 786 g/mol. The Morgan fingerprint density at radius 1 is 0.533 bits per heavy atom. The molecule has 2 aliphatic carbocycles. The molecular weight excluding hydrogens is 733 g/mol. The van der Waals surface area contributed by atoms with Crippen molar-refractivity contribution in [3.63, 3.8) is 0 Å². The van der Waals surface area contributed by atoms with Crippen LogP contribution in [0, 0.1) is 0 Å². The van der Waals surface area contributed by atoms with Crippen molar-refractivity contribution in [2.75, 3.05) is 0 Å². The van der Waals surface area contributed by atoms with Gasteiger partial charge in [0, 0.05) is 45.0 Å². The lowest BCUT2D eigenvalue weighted by Gasteiger charge is -2.38. The number of benzene rings is 2. The van der Waals surface area contributed by atoms with Gasteiger partial charge in [-0.3, -0.25) is 0 Å². The van der Waals surface area contributed by atoms with Crippen molar-refractivity contribution in [2.45, 2.75) is 105 Å². The van der Waals surface area contributed by atoms with Crippen LogP contribution < -0.4 is 0 Å². The molecule has 0 saturated carbocycles. The van der Waals surface area contributed by atoms with Crippen LogP contribution in [0.15, 0.2) is 91.0 Å². The van der Waals surface area contributed by atoms with Gasteiger partial charge < -0.3 is 9.97 Å². The molecule has 60 heavy (non-hydrogen) atoms. The first-order valence-corrected chi connectivity index (χ1v) is 22.3. The Morgan fingerprint density at radius 2 is 1.02 bits per heavy atom. The van der Waals surface area contributed by atoms with Crippen LogP contribution in [0.3, 0.4) is 0 Å². The van der Waals surface area contributed by atoms with Crippen LogP contribution in [-0.2, 0) is 12.8 Å². The summed E-state index contributed by atoms with van der Waals surface area (Å²) in [5.74, 6) is 0.220. The van der Waals surface area contributed by atoms with Gasteiger partial charge in [0.05, 0.1) is 45.6 Å². The van der Waals surface area contributed by atoms with E-state index in [1.54, 1.807) is 0 Å². The van der Waals surface area contributed by atoms with Crippen LogP contribution in [0.2, 0.25) is 0 Å². The molecule has 6 heterocycles. The average Bonchev–Trinajstić information content (AvgIpc) is 3.94. The number of aromatic nitrogens is 6. The molecular formula is C54H54N6. The molecule has 2 aliphatic heterocycles. The first kappa shape index (κ1) is 38.1. The van der Waals surface area contributed by atoms with Gasteiger partial charge in [-0.2, -0.15) is 0 Å². The number of fused-ring (bicyclic) bond motifs is 16. The lowest BCUT2D eigenvalue weighted by atomic mass is 9.64. The fourth-order valence-electron chi connectivity index (χ4n) is 10.2. The first-order valence-electron chi connectivity index (χ1n) is 22.3. The van der Waals surface area contributed by atoms with E-state index in [9.17, 15) is 0 Å². The molecule has 2 atom stereocenters. The van der Waals surface area contributed by atoms with Crippen molar-refractivity contribution in [1.29, 1.82) is 0 Å². The Balaban J connectivity index is 1.27. The van der Waals surface area contributed by atoms with Gasteiger partial charge in [0.25, 0.3) is 0 Å². The third-order valence-corrected chi connectivity index (χ3v) is 13.4. The fourth-order valence-corrected chi connectivity index (χ4v) is 10.2. The summed E-state index contributed by atoms with van der Waals surface area (Å²) in [6.07, 6.45) is 13.0. The second-order valence-electron chi connectivity index (χ2n) is 16.9. The third-order valence-electron chi connectivity index (χ3n) is 13.4. The summed E-state index contributed by atoms with van der Waals surface area (Å²) in [5, 5.41) is 0. The molecule has 6 aromatic rings. The molecule has 4 aliphatic rings. The average molecular weight is 787 g/mol. The minimum Gasteiger partial charge on any atom is -0.355 e. The number of nitrogens with one attached hydrogen (secondary N) is 2. The Bertz CT molecular complexity index is 2940. The number of aromatic amines is 2. The summed E-state index contributed by atoms with van der Waals surface area (Å²) in [4.78, 5) is 29.8. The van der Waals surface area contributed by atoms with Crippen molar-refractivity contribution in [3.05, 3.63) is 147 Å². The predicted octanol–water partition coefficient (Wildman–Crippen LogP) is 14.1. The summed E-state index contributed by atoms with van der Waals surface area (Å²) < 4.78 is 0. The molecule has 6 heteroatoms. The van der Waals surface area contributed by atoms with Crippen molar-refractivity contribution in [3.8, 4) is 22.5 Å². The topological polar surface area (TPSA) is 83.1 Å². The molecule has 0 radical (unpaired) electrons. The van der Waals surface area contributed by atoms with Gasteiger partial charge in [-0.25, -0.2) is 19.9 Å². The zero-order valence-corrected chi connectivity index (χ0v) is 35.8. The molecule has 300 valence electrons. The number of hydrogen-bond donors (Lipinski definition) is 2. The van der Waals surface area contributed by atoms with Crippen molar-refractivity contribution in [2.24, 2.45) is 0 Å².